The fraction of sp³-hybridized carbons (Fsp3) is 0.929. The number of ether oxygens (including phenoxy) is 1. The fourth-order valence-corrected chi connectivity index (χ4v) is 2.29. The molecule has 0 aliphatic carbocycles. The van der Waals surface area contributed by atoms with E-state index in [0.717, 1.165) is 19.4 Å². The van der Waals surface area contributed by atoms with Crippen LogP contribution in [0.15, 0.2) is 0 Å². The van der Waals surface area contributed by atoms with Crippen LogP contribution >= 0.6 is 0 Å². The predicted octanol–water partition coefficient (Wildman–Crippen LogP) is 1.67. The van der Waals surface area contributed by atoms with Crippen molar-refractivity contribution in [3.05, 3.63) is 0 Å². The number of esters is 1. The first-order chi connectivity index (χ1) is 8.36. The second-order valence-electron chi connectivity index (χ2n) is 5.84. The van der Waals surface area contributed by atoms with Crippen LogP contribution in [0.2, 0.25) is 0 Å². The Kier molecular flexibility index (Phi) is 5.60. The van der Waals surface area contributed by atoms with Gasteiger partial charge < -0.3 is 9.84 Å². The molecule has 1 N–H and O–H groups in total. The molecule has 4 nitrogen and oxygen atoms in total. The third-order valence-electron chi connectivity index (χ3n) is 3.91. The highest BCUT2D eigenvalue weighted by Gasteiger charge is 2.32. The summed E-state index contributed by atoms with van der Waals surface area (Å²) in [6.45, 7) is 10.5. The molecule has 4 heteroatoms. The zero-order chi connectivity index (χ0) is 13.8. The summed E-state index contributed by atoms with van der Waals surface area (Å²) in [7, 11) is 0. The first-order valence-electron chi connectivity index (χ1n) is 6.98. The lowest BCUT2D eigenvalue weighted by Gasteiger charge is -2.38. The van der Waals surface area contributed by atoms with Crippen molar-refractivity contribution >= 4 is 5.97 Å². The Morgan fingerprint density at radius 1 is 1.56 bits per heavy atom. The standard InChI is InChI=1S/C14H27NO3/c1-5-18-13(16)12-7-6-8-15(9-12)10-14(4,17)11(2)3/h11-12,17H,5-10H2,1-4H3/t12-,14?/m1/s1. The van der Waals surface area contributed by atoms with Crippen molar-refractivity contribution in [1.29, 1.82) is 0 Å². The van der Waals surface area contributed by atoms with Gasteiger partial charge in [-0.05, 0) is 39.2 Å². The summed E-state index contributed by atoms with van der Waals surface area (Å²) in [5.41, 5.74) is -0.698. The average Bonchev–Trinajstić information content (AvgIpc) is 2.29. The van der Waals surface area contributed by atoms with Crippen LogP contribution in [-0.4, -0.2) is 47.8 Å². The van der Waals surface area contributed by atoms with E-state index in [9.17, 15) is 9.90 Å². The van der Waals surface area contributed by atoms with Crippen molar-refractivity contribution in [2.75, 3.05) is 26.2 Å². The third-order valence-corrected chi connectivity index (χ3v) is 3.91. The van der Waals surface area contributed by atoms with E-state index >= 15 is 0 Å². The Hall–Kier alpha value is -0.610. The first kappa shape index (κ1) is 15.4. The Bertz CT molecular complexity index is 276. The largest absolute Gasteiger partial charge is 0.466 e. The average molecular weight is 257 g/mol. The molecule has 1 heterocycles. The van der Waals surface area contributed by atoms with E-state index in [4.69, 9.17) is 4.74 Å². The van der Waals surface area contributed by atoms with Crippen LogP contribution in [0, 0.1) is 11.8 Å². The van der Waals surface area contributed by atoms with Crippen LogP contribution in [0.3, 0.4) is 0 Å². The van der Waals surface area contributed by atoms with Gasteiger partial charge >= 0.3 is 5.97 Å². The van der Waals surface area contributed by atoms with Crippen LogP contribution < -0.4 is 0 Å². The van der Waals surface area contributed by atoms with Crippen LogP contribution in [0.5, 0.6) is 0 Å². The number of hydrogen-bond acceptors (Lipinski definition) is 4. The second-order valence-corrected chi connectivity index (χ2v) is 5.84. The molecule has 1 aliphatic heterocycles. The lowest BCUT2D eigenvalue weighted by atomic mass is 9.90. The number of carbonyl (C=O) groups is 1. The van der Waals surface area contributed by atoms with E-state index in [1.807, 2.05) is 27.7 Å². The van der Waals surface area contributed by atoms with Gasteiger partial charge in [0.25, 0.3) is 0 Å². The molecular weight excluding hydrogens is 230 g/mol. The first-order valence-corrected chi connectivity index (χ1v) is 6.98. The number of hydrogen-bond donors (Lipinski definition) is 1. The molecule has 18 heavy (non-hydrogen) atoms. The maximum Gasteiger partial charge on any atom is 0.310 e. The smallest absolute Gasteiger partial charge is 0.310 e. The van der Waals surface area contributed by atoms with Crippen molar-refractivity contribution in [2.24, 2.45) is 11.8 Å². The van der Waals surface area contributed by atoms with E-state index in [0.29, 0.717) is 19.7 Å². The molecule has 0 spiro atoms. The summed E-state index contributed by atoms with van der Waals surface area (Å²) in [4.78, 5) is 13.9. The molecular formula is C14H27NO3. The molecule has 0 saturated carbocycles. The number of rotatable bonds is 5. The van der Waals surface area contributed by atoms with Gasteiger partial charge in [-0.3, -0.25) is 9.69 Å². The van der Waals surface area contributed by atoms with Crippen LogP contribution in [0.25, 0.3) is 0 Å². The maximum absolute atomic E-state index is 11.7. The van der Waals surface area contributed by atoms with Gasteiger partial charge in [-0.1, -0.05) is 13.8 Å². The molecule has 1 unspecified atom stereocenters. The van der Waals surface area contributed by atoms with E-state index in [-0.39, 0.29) is 17.8 Å². The Morgan fingerprint density at radius 2 is 2.22 bits per heavy atom. The monoisotopic (exact) mass is 257 g/mol. The van der Waals surface area contributed by atoms with E-state index < -0.39 is 5.60 Å². The zero-order valence-electron chi connectivity index (χ0n) is 12.1. The van der Waals surface area contributed by atoms with Gasteiger partial charge in [0.05, 0.1) is 18.1 Å². The minimum absolute atomic E-state index is 0.0262. The van der Waals surface area contributed by atoms with Crippen molar-refractivity contribution in [1.82, 2.24) is 4.90 Å². The molecule has 0 bridgehead atoms. The molecule has 0 aromatic rings. The fourth-order valence-electron chi connectivity index (χ4n) is 2.29. The van der Waals surface area contributed by atoms with E-state index in [1.165, 1.54) is 0 Å². The Labute approximate surface area is 110 Å². The van der Waals surface area contributed by atoms with Gasteiger partial charge in [0.1, 0.15) is 0 Å². The van der Waals surface area contributed by atoms with Crippen molar-refractivity contribution in [3.8, 4) is 0 Å². The highest BCUT2D eigenvalue weighted by Crippen LogP contribution is 2.23. The predicted molar refractivity (Wildman–Crippen MR) is 71.3 cm³/mol. The van der Waals surface area contributed by atoms with Gasteiger partial charge in [-0.2, -0.15) is 0 Å². The molecule has 106 valence electrons. The van der Waals surface area contributed by atoms with Gasteiger partial charge in [0.2, 0.25) is 0 Å². The van der Waals surface area contributed by atoms with Crippen molar-refractivity contribution < 1.29 is 14.6 Å². The van der Waals surface area contributed by atoms with Crippen molar-refractivity contribution in [3.63, 3.8) is 0 Å². The number of carbonyl (C=O) groups excluding carboxylic acids is 1. The van der Waals surface area contributed by atoms with Crippen LogP contribution in [-0.2, 0) is 9.53 Å². The second kappa shape index (κ2) is 6.53. The molecule has 2 atom stereocenters. The molecule has 0 aromatic heterocycles. The van der Waals surface area contributed by atoms with Crippen LogP contribution in [0.4, 0.5) is 0 Å². The lowest BCUT2D eigenvalue weighted by molar-refractivity contribution is -0.150. The molecule has 1 aliphatic rings. The number of nitrogens with zero attached hydrogens (tertiary/aromatic N) is 1. The zero-order valence-corrected chi connectivity index (χ0v) is 12.1. The molecule has 1 rings (SSSR count). The van der Waals surface area contributed by atoms with Gasteiger partial charge in [0.15, 0.2) is 0 Å². The number of piperidine rings is 1. The lowest BCUT2D eigenvalue weighted by Crippen LogP contribution is -2.49. The van der Waals surface area contributed by atoms with E-state index in [2.05, 4.69) is 4.90 Å². The molecule has 0 radical (unpaired) electrons. The summed E-state index contributed by atoms with van der Waals surface area (Å²) in [5.74, 6) is 0.0912. The summed E-state index contributed by atoms with van der Waals surface area (Å²) in [6.07, 6.45) is 1.90. The van der Waals surface area contributed by atoms with E-state index in [1.54, 1.807) is 0 Å². The SMILES string of the molecule is CCOC(=O)[C@@H]1CCCN(CC(C)(O)C(C)C)C1. The van der Waals surface area contributed by atoms with Gasteiger partial charge in [-0.25, -0.2) is 0 Å². The summed E-state index contributed by atoms with van der Waals surface area (Å²) >= 11 is 0. The minimum atomic E-state index is -0.698. The van der Waals surface area contributed by atoms with Gasteiger partial charge in [0, 0.05) is 13.1 Å². The Balaban J connectivity index is 2.51. The number of β-amino-alcohol motifs (C(OH)–C–C–N with tert-alkyl or cyclic N) is 1. The normalized spacial score (nSPS) is 24.9. The van der Waals surface area contributed by atoms with Crippen LogP contribution in [0.1, 0.15) is 40.5 Å². The quantitative estimate of drug-likeness (QED) is 0.761. The molecule has 1 saturated heterocycles. The molecule has 0 amide bonds. The third kappa shape index (κ3) is 4.25. The maximum atomic E-state index is 11.7. The Morgan fingerprint density at radius 3 is 2.78 bits per heavy atom. The topological polar surface area (TPSA) is 49.8 Å². The number of aliphatic hydroxyl groups is 1. The summed E-state index contributed by atoms with van der Waals surface area (Å²) in [5, 5.41) is 10.3. The minimum Gasteiger partial charge on any atom is -0.466 e. The summed E-state index contributed by atoms with van der Waals surface area (Å²) < 4.78 is 5.08. The molecule has 1 fully saturated rings. The van der Waals surface area contributed by atoms with Crippen molar-refractivity contribution in [2.45, 2.75) is 46.1 Å². The highest BCUT2D eigenvalue weighted by molar-refractivity contribution is 5.72. The number of likely N-dealkylation sites (tertiary alicyclic amines) is 1. The molecule has 0 aromatic carbocycles. The van der Waals surface area contributed by atoms with Gasteiger partial charge in [-0.15, -0.1) is 0 Å². The summed E-state index contributed by atoms with van der Waals surface area (Å²) in [6, 6.07) is 0. The highest BCUT2D eigenvalue weighted by atomic mass is 16.5.